The first-order valence-electron chi connectivity index (χ1n) is 7.38. The van der Waals surface area contributed by atoms with Crippen molar-refractivity contribution in [3.05, 3.63) is 34.5 Å². The van der Waals surface area contributed by atoms with Crippen molar-refractivity contribution >= 4 is 16.6 Å². The molecule has 0 bridgehead atoms. The van der Waals surface area contributed by atoms with E-state index in [-0.39, 0.29) is 0 Å². The summed E-state index contributed by atoms with van der Waals surface area (Å²) in [5, 5.41) is 4.67. The summed E-state index contributed by atoms with van der Waals surface area (Å²) in [7, 11) is 2.01. The van der Waals surface area contributed by atoms with E-state index in [0.717, 1.165) is 6.42 Å². The van der Waals surface area contributed by atoms with Crippen molar-refractivity contribution < 1.29 is 0 Å². The normalized spacial score (nSPS) is 14.5. The van der Waals surface area contributed by atoms with Crippen LogP contribution >= 0.6 is 0 Å². The fourth-order valence-corrected chi connectivity index (χ4v) is 3.37. The summed E-state index contributed by atoms with van der Waals surface area (Å²) < 4.78 is 0. The first-order valence-corrected chi connectivity index (χ1v) is 7.38. The summed E-state index contributed by atoms with van der Waals surface area (Å²) in [6, 6.07) is 4.56. The maximum absolute atomic E-state index is 4.98. The number of nitrogens with one attached hydrogen (secondary N) is 1. The summed E-state index contributed by atoms with van der Waals surface area (Å²) in [5.41, 5.74) is 8.04. The van der Waals surface area contributed by atoms with E-state index in [1.165, 1.54) is 64.7 Å². The summed E-state index contributed by atoms with van der Waals surface area (Å²) in [6.45, 7) is 4.37. The molecule has 0 radical (unpaired) electrons. The Morgan fingerprint density at radius 3 is 2.74 bits per heavy atom. The topological polar surface area (TPSA) is 24.9 Å². The van der Waals surface area contributed by atoms with E-state index < -0.39 is 0 Å². The van der Waals surface area contributed by atoms with Crippen LogP contribution in [0.4, 0.5) is 5.69 Å². The maximum atomic E-state index is 4.98. The van der Waals surface area contributed by atoms with Gasteiger partial charge in [0, 0.05) is 23.8 Å². The van der Waals surface area contributed by atoms with Gasteiger partial charge in [0.1, 0.15) is 0 Å². The second kappa shape index (κ2) is 4.84. The maximum Gasteiger partial charge on any atom is 0.0760 e. The van der Waals surface area contributed by atoms with E-state index >= 15 is 0 Å². The highest BCUT2D eigenvalue weighted by molar-refractivity contribution is 5.95. The third kappa shape index (κ3) is 1.90. The largest absolute Gasteiger partial charge is 0.387 e. The molecule has 0 unspecified atom stereocenters. The van der Waals surface area contributed by atoms with Gasteiger partial charge in [0.2, 0.25) is 0 Å². The summed E-state index contributed by atoms with van der Waals surface area (Å²) in [5.74, 6) is 0. The van der Waals surface area contributed by atoms with Crippen LogP contribution < -0.4 is 5.32 Å². The van der Waals surface area contributed by atoms with Gasteiger partial charge in [-0.15, -0.1) is 0 Å². The second-order valence-electron chi connectivity index (χ2n) is 5.47. The van der Waals surface area contributed by atoms with Crippen molar-refractivity contribution in [1.29, 1.82) is 0 Å². The molecule has 0 fully saturated rings. The molecule has 0 amide bonds. The average Bonchev–Trinajstić information content (AvgIpc) is 2.46. The molecule has 0 atom stereocenters. The van der Waals surface area contributed by atoms with Crippen LogP contribution in [0.1, 0.15) is 42.1 Å². The molecule has 0 saturated heterocycles. The molecule has 100 valence electrons. The molecule has 19 heavy (non-hydrogen) atoms. The van der Waals surface area contributed by atoms with Gasteiger partial charge in [-0.25, -0.2) is 0 Å². The quantitative estimate of drug-likeness (QED) is 0.875. The van der Waals surface area contributed by atoms with E-state index in [1.54, 1.807) is 0 Å². The third-order valence-electron chi connectivity index (χ3n) is 4.41. The van der Waals surface area contributed by atoms with Gasteiger partial charge in [-0.05, 0) is 55.7 Å². The Hall–Kier alpha value is -1.57. The van der Waals surface area contributed by atoms with Crippen LogP contribution in [0.5, 0.6) is 0 Å². The monoisotopic (exact) mass is 254 g/mol. The highest BCUT2D eigenvalue weighted by Crippen LogP contribution is 2.34. The lowest BCUT2D eigenvalue weighted by Gasteiger charge is -2.20. The number of nitrogens with zero attached hydrogens (tertiary/aromatic N) is 1. The Morgan fingerprint density at radius 1 is 1.21 bits per heavy atom. The Bertz CT molecular complexity index is 629. The van der Waals surface area contributed by atoms with E-state index in [1.807, 2.05) is 7.05 Å². The molecule has 2 heteroatoms. The van der Waals surface area contributed by atoms with E-state index in [0.29, 0.717) is 0 Å². The zero-order chi connectivity index (χ0) is 13.4. The molecule has 1 aliphatic rings. The second-order valence-corrected chi connectivity index (χ2v) is 5.47. The van der Waals surface area contributed by atoms with E-state index in [9.17, 15) is 0 Å². The minimum atomic E-state index is 1.00. The van der Waals surface area contributed by atoms with Crippen LogP contribution in [0, 0.1) is 6.92 Å². The Kier molecular flexibility index (Phi) is 3.17. The SMILES string of the molecule is CCc1nc2c3c(ccc2c(NC)c1C)CCCC3. The van der Waals surface area contributed by atoms with Crippen LogP contribution in [-0.4, -0.2) is 12.0 Å². The zero-order valence-electron chi connectivity index (χ0n) is 12.1. The lowest BCUT2D eigenvalue weighted by molar-refractivity contribution is 0.688. The third-order valence-corrected chi connectivity index (χ3v) is 4.41. The number of anilines is 1. The predicted octanol–water partition coefficient (Wildman–Crippen LogP) is 4.03. The molecule has 0 saturated carbocycles. The van der Waals surface area contributed by atoms with Crippen molar-refractivity contribution in [3.8, 4) is 0 Å². The number of pyridine rings is 1. The summed E-state index contributed by atoms with van der Waals surface area (Å²) in [4.78, 5) is 4.98. The van der Waals surface area contributed by atoms with Gasteiger partial charge in [0.15, 0.2) is 0 Å². The van der Waals surface area contributed by atoms with Gasteiger partial charge in [-0.1, -0.05) is 19.1 Å². The van der Waals surface area contributed by atoms with Crippen LogP contribution in [-0.2, 0) is 19.3 Å². The standard InChI is InChI=1S/C17H22N2/c1-4-15-11(2)16(18-3)14-10-9-12-7-5-6-8-13(12)17(14)19-15/h9-10H,4-8H2,1-3H3,(H,18,19). The lowest BCUT2D eigenvalue weighted by Crippen LogP contribution is -2.07. The summed E-state index contributed by atoms with van der Waals surface area (Å²) >= 11 is 0. The number of rotatable bonds is 2. The van der Waals surface area contributed by atoms with Gasteiger partial charge in [0.05, 0.1) is 5.52 Å². The number of aromatic nitrogens is 1. The van der Waals surface area contributed by atoms with E-state index in [2.05, 4.69) is 31.3 Å². The number of hydrogen-bond acceptors (Lipinski definition) is 2. The van der Waals surface area contributed by atoms with Gasteiger partial charge in [-0.3, -0.25) is 4.98 Å². The predicted molar refractivity (Wildman–Crippen MR) is 82.0 cm³/mol. The van der Waals surface area contributed by atoms with Gasteiger partial charge in [-0.2, -0.15) is 0 Å². The number of aryl methyl sites for hydroxylation is 3. The molecule has 3 rings (SSSR count). The number of fused-ring (bicyclic) bond motifs is 3. The van der Waals surface area contributed by atoms with E-state index in [4.69, 9.17) is 4.98 Å². The van der Waals surface area contributed by atoms with Gasteiger partial charge in [0.25, 0.3) is 0 Å². The molecule has 0 spiro atoms. The smallest absolute Gasteiger partial charge is 0.0760 e. The number of hydrogen-bond donors (Lipinski definition) is 1. The van der Waals surface area contributed by atoms with Crippen molar-refractivity contribution in [1.82, 2.24) is 4.98 Å². The first kappa shape index (κ1) is 12.5. The Morgan fingerprint density at radius 2 is 2.00 bits per heavy atom. The molecule has 1 aromatic heterocycles. The van der Waals surface area contributed by atoms with Crippen LogP contribution in [0.25, 0.3) is 10.9 Å². The highest BCUT2D eigenvalue weighted by atomic mass is 14.8. The van der Waals surface area contributed by atoms with Crippen LogP contribution in [0.15, 0.2) is 12.1 Å². The molecule has 1 aliphatic carbocycles. The Labute approximate surface area is 115 Å². The van der Waals surface area contributed by atoms with Crippen molar-refractivity contribution in [2.45, 2.75) is 46.0 Å². The molecular weight excluding hydrogens is 232 g/mol. The van der Waals surface area contributed by atoms with Gasteiger partial charge < -0.3 is 5.32 Å². The highest BCUT2D eigenvalue weighted by Gasteiger charge is 2.17. The summed E-state index contributed by atoms with van der Waals surface area (Å²) in [6.07, 6.45) is 6.04. The van der Waals surface area contributed by atoms with Crippen molar-refractivity contribution in [2.75, 3.05) is 12.4 Å². The van der Waals surface area contributed by atoms with Crippen LogP contribution in [0.3, 0.4) is 0 Å². The molecule has 0 aliphatic heterocycles. The molecule has 1 N–H and O–H groups in total. The zero-order valence-corrected chi connectivity index (χ0v) is 12.1. The van der Waals surface area contributed by atoms with Crippen LogP contribution in [0.2, 0.25) is 0 Å². The minimum Gasteiger partial charge on any atom is -0.387 e. The molecule has 2 nitrogen and oxygen atoms in total. The fourth-order valence-electron chi connectivity index (χ4n) is 3.37. The average molecular weight is 254 g/mol. The number of benzene rings is 1. The first-order chi connectivity index (χ1) is 9.26. The van der Waals surface area contributed by atoms with Gasteiger partial charge >= 0.3 is 0 Å². The molecule has 1 aromatic carbocycles. The lowest BCUT2D eigenvalue weighted by atomic mass is 9.88. The minimum absolute atomic E-state index is 1.00. The molecular formula is C17H22N2. The van der Waals surface area contributed by atoms with Crippen molar-refractivity contribution in [2.24, 2.45) is 0 Å². The molecule has 1 heterocycles. The molecule has 2 aromatic rings. The van der Waals surface area contributed by atoms with Crippen molar-refractivity contribution in [3.63, 3.8) is 0 Å². The Balaban J connectivity index is 2.37. The fraction of sp³-hybridized carbons (Fsp3) is 0.471.